The van der Waals surface area contributed by atoms with Gasteiger partial charge in [0.1, 0.15) is 0 Å². The molecule has 0 spiro atoms. The number of nitrogens with one attached hydrogen (secondary N) is 1. The second-order valence-electron chi connectivity index (χ2n) is 6.35. The number of aromatic nitrogens is 1. The second-order valence-corrected chi connectivity index (χ2v) is 7.41. The highest BCUT2D eigenvalue weighted by atomic mass is 32.1. The van der Waals surface area contributed by atoms with E-state index in [1.54, 1.807) is 30.6 Å². The van der Waals surface area contributed by atoms with Gasteiger partial charge in [-0.1, -0.05) is 0 Å². The molecule has 2 heterocycles. The van der Waals surface area contributed by atoms with Crippen LogP contribution < -0.4 is 14.8 Å². The number of nitrogens with zero attached hydrogens (tertiary/aromatic N) is 3. The number of amides is 2. The molecule has 2 amide bonds. The van der Waals surface area contributed by atoms with Crippen LogP contribution in [0.3, 0.4) is 0 Å². The topological polar surface area (TPSA) is 66.9 Å². The lowest BCUT2D eigenvalue weighted by Gasteiger charge is -2.34. The molecule has 0 unspecified atom stereocenters. The Labute approximate surface area is 163 Å². The number of ether oxygens (including phenoxy) is 2. The first-order valence-corrected chi connectivity index (χ1v) is 9.97. The normalized spacial score (nSPS) is 14.9. The van der Waals surface area contributed by atoms with Crippen LogP contribution in [0.15, 0.2) is 23.6 Å². The molecule has 1 aromatic carbocycles. The van der Waals surface area contributed by atoms with Crippen molar-refractivity contribution in [1.29, 1.82) is 0 Å². The third-order valence-electron chi connectivity index (χ3n) is 4.43. The smallest absolute Gasteiger partial charge is 0.321 e. The molecule has 2 aromatic rings. The van der Waals surface area contributed by atoms with E-state index in [0.717, 1.165) is 30.3 Å². The summed E-state index contributed by atoms with van der Waals surface area (Å²) in [6, 6.07) is 5.32. The van der Waals surface area contributed by atoms with Gasteiger partial charge in [-0.25, -0.2) is 9.78 Å². The Morgan fingerprint density at radius 1 is 1.26 bits per heavy atom. The van der Waals surface area contributed by atoms with Gasteiger partial charge in [-0.2, -0.15) is 0 Å². The predicted octanol–water partition coefficient (Wildman–Crippen LogP) is 3.21. The highest BCUT2D eigenvalue weighted by molar-refractivity contribution is 7.09. The van der Waals surface area contributed by atoms with Gasteiger partial charge < -0.3 is 19.7 Å². The van der Waals surface area contributed by atoms with Gasteiger partial charge in [0, 0.05) is 49.9 Å². The van der Waals surface area contributed by atoms with Crippen LogP contribution in [0.1, 0.15) is 17.6 Å². The molecule has 1 fully saturated rings. The summed E-state index contributed by atoms with van der Waals surface area (Å²) in [7, 11) is 1.60. The van der Waals surface area contributed by atoms with Gasteiger partial charge in [-0.3, -0.25) is 4.90 Å². The van der Waals surface area contributed by atoms with Crippen molar-refractivity contribution in [3.63, 3.8) is 0 Å². The summed E-state index contributed by atoms with van der Waals surface area (Å²) in [5, 5.41) is 6.15. The first-order valence-electron chi connectivity index (χ1n) is 9.09. The first-order chi connectivity index (χ1) is 13.1. The number of carbonyl (C=O) groups excluding carboxylic acids is 1. The molecule has 146 valence electrons. The highest BCUT2D eigenvalue weighted by Gasteiger charge is 2.22. The van der Waals surface area contributed by atoms with Crippen LogP contribution in [0.4, 0.5) is 10.5 Å². The molecular weight excluding hydrogens is 364 g/mol. The number of hydrogen-bond donors (Lipinski definition) is 1. The number of carbonyl (C=O) groups is 1. The summed E-state index contributed by atoms with van der Waals surface area (Å²) in [5.74, 6) is 1.28. The lowest BCUT2D eigenvalue weighted by Crippen LogP contribution is -2.49. The van der Waals surface area contributed by atoms with Crippen molar-refractivity contribution in [2.75, 3.05) is 45.2 Å². The highest BCUT2D eigenvalue weighted by Crippen LogP contribution is 2.30. The molecule has 0 saturated carbocycles. The fourth-order valence-electron chi connectivity index (χ4n) is 3.04. The van der Waals surface area contributed by atoms with E-state index in [1.165, 1.54) is 0 Å². The molecule has 0 atom stereocenters. The fraction of sp³-hybridized carbons (Fsp3) is 0.474. The average Bonchev–Trinajstić information content (AvgIpc) is 3.07. The Hall–Kier alpha value is -2.32. The SMILES string of the molecule is CCOc1cc(NC(=O)N2CCN(Cc3csc(C)n3)CC2)ccc1OC. The van der Waals surface area contributed by atoms with Crippen molar-refractivity contribution in [3.8, 4) is 11.5 Å². The minimum atomic E-state index is -0.0910. The van der Waals surface area contributed by atoms with Gasteiger partial charge in [0.05, 0.1) is 24.4 Å². The van der Waals surface area contributed by atoms with Crippen LogP contribution in [-0.2, 0) is 6.54 Å². The standard InChI is InChI=1S/C19H26N4O3S/c1-4-26-18-11-15(5-6-17(18)25-3)21-19(24)23-9-7-22(8-10-23)12-16-13-27-14(2)20-16/h5-6,11,13H,4,7-10,12H2,1-3H3,(H,21,24). The van der Waals surface area contributed by atoms with Gasteiger partial charge in [0.2, 0.25) is 0 Å². The molecule has 0 radical (unpaired) electrons. The minimum Gasteiger partial charge on any atom is -0.493 e. The Balaban J connectivity index is 1.52. The van der Waals surface area contributed by atoms with Crippen LogP contribution in [0.2, 0.25) is 0 Å². The number of thiazole rings is 1. The maximum atomic E-state index is 12.6. The number of piperazine rings is 1. The van der Waals surface area contributed by atoms with Crippen molar-refractivity contribution >= 4 is 23.1 Å². The molecule has 1 aromatic heterocycles. The van der Waals surface area contributed by atoms with E-state index in [0.29, 0.717) is 36.9 Å². The van der Waals surface area contributed by atoms with E-state index in [9.17, 15) is 4.79 Å². The summed E-state index contributed by atoms with van der Waals surface area (Å²) in [6.07, 6.45) is 0. The van der Waals surface area contributed by atoms with Crippen molar-refractivity contribution in [2.24, 2.45) is 0 Å². The van der Waals surface area contributed by atoms with Crippen molar-refractivity contribution in [1.82, 2.24) is 14.8 Å². The third kappa shape index (κ3) is 5.11. The summed E-state index contributed by atoms with van der Waals surface area (Å²) in [5.41, 5.74) is 1.81. The first kappa shape index (κ1) is 19.4. The van der Waals surface area contributed by atoms with Gasteiger partial charge in [-0.15, -0.1) is 11.3 Å². The molecule has 1 N–H and O–H groups in total. The Morgan fingerprint density at radius 3 is 2.67 bits per heavy atom. The fourth-order valence-corrected chi connectivity index (χ4v) is 3.65. The van der Waals surface area contributed by atoms with Crippen LogP contribution >= 0.6 is 11.3 Å². The van der Waals surface area contributed by atoms with Crippen molar-refractivity contribution < 1.29 is 14.3 Å². The van der Waals surface area contributed by atoms with E-state index in [1.807, 2.05) is 24.8 Å². The lowest BCUT2D eigenvalue weighted by atomic mass is 10.2. The van der Waals surface area contributed by atoms with Crippen molar-refractivity contribution in [3.05, 3.63) is 34.3 Å². The van der Waals surface area contributed by atoms with Gasteiger partial charge in [-0.05, 0) is 26.0 Å². The monoisotopic (exact) mass is 390 g/mol. The zero-order valence-electron chi connectivity index (χ0n) is 16.0. The molecule has 1 aliphatic rings. The van der Waals surface area contributed by atoms with E-state index in [-0.39, 0.29) is 6.03 Å². The minimum absolute atomic E-state index is 0.0910. The Morgan fingerprint density at radius 2 is 2.04 bits per heavy atom. The number of anilines is 1. The summed E-state index contributed by atoms with van der Waals surface area (Å²) in [4.78, 5) is 21.3. The molecule has 0 aliphatic carbocycles. The largest absolute Gasteiger partial charge is 0.493 e. The van der Waals surface area contributed by atoms with E-state index in [2.05, 4.69) is 20.6 Å². The molecular formula is C19H26N4O3S. The van der Waals surface area contributed by atoms with E-state index >= 15 is 0 Å². The lowest BCUT2D eigenvalue weighted by molar-refractivity contribution is 0.142. The molecule has 0 bridgehead atoms. The molecule has 1 aliphatic heterocycles. The van der Waals surface area contributed by atoms with Crippen LogP contribution in [0.25, 0.3) is 0 Å². The average molecular weight is 391 g/mol. The molecule has 8 heteroatoms. The number of rotatable bonds is 6. The van der Waals surface area contributed by atoms with Crippen LogP contribution in [0.5, 0.6) is 11.5 Å². The maximum Gasteiger partial charge on any atom is 0.321 e. The maximum absolute atomic E-state index is 12.6. The van der Waals surface area contributed by atoms with Crippen molar-refractivity contribution in [2.45, 2.75) is 20.4 Å². The number of aryl methyl sites for hydroxylation is 1. The van der Waals surface area contributed by atoms with E-state index < -0.39 is 0 Å². The number of methoxy groups -OCH3 is 1. The van der Waals surface area contributed by atoms with Crippen LogP contribution in [-0.4, -0.2) is 60.7 Å². The molecule has 27 heavy (non-hydrogen) atoms. The van der Waals surface area contributed by atoms with E-state index in [4.69, 9.17) is 9.47 Å². The Bertz CT molecular complexity index is 772. The number of urea groups is 1. The zero-order chi connectivity index (χ0) is 19.2. The number of benzene rings is 1. The number of hydrogen-bond acceptors (Lipinski definition) is 6. The van der Waals surface area contributed by atoms with Gasteiger partial charge >= 0.3 is 6.03 Å². The Kier molecular flexibility index (Phi) is 6.52. The molecule has 1 saturated heterocycles. The zero-order valence-corrected chi connectivity index (χ0v) is 16.8. The summed E-state index contributed by atoms with van der Waals surface area (Å²) < 4.78 is 10.8. The predicted molar refractivity (Wildman–Crippen MR) is 107 cm³/mol. The molecule has 7 nitrogen and oxygen atoms in total. The molecule has 3 rings (SSSR count). The second kappa shape index (κ2) is 9.05. The summed E-state index contributed by atoms with van der Waals surface area (Å²) >= 11 is 1.68. The van der Waals surface area contributed by atoms with Gasteiger partial charge in [0.25, 0.3) is 0 Å². The third-order valence-corrected chi connectivity index (χ3v) is 5.25. The summed E-state index contributed by atoms with van der Waals surface area (Å²) in [6.45, 7) is 8.40. The van der Waals surface area contributed by atoms with Gasteiger partial charge in [0.15, 0.2) is 11.5 Å². The van der Waals surface area contributed by atoms with Crippen LogP contribution in [0, 0.1) is 6.92 Å². The quantitative estimate of drug-likeness (QED) is 0.820.